The summed E-state index contributed by atoms with van der Waals surface area (Å²) in [5, 5.41) is 10.00. The second-order valence-electron chi connectivity index (χ2n) is 6.09. The maximum Gasteiger partial charge on any atom is 0.223 e. The van der Waals surface area contributed by atoms with Crippen molar-refractivity contribution in [3.63, 3.8) is 0 Å². The molecule has 0 radical (unpaired) electrons. The molecule has 0 saturated carbocycles. The predicted octanol–water partition coefficient (Wildman–Crippen LogP) is 2.11. The molecular weight excluding hydrogens is 311 g/mol. The Labute approximate surface area is 139 Å². The first-order valence-corrected chi connectivity index (χ1v) is 8.18. The van der Waals surface area contributed by atoms with Gasteiger partial charge in [0.25, 0.3) is 0 Å². The molecule has 0 spiro atoms. The van der Waals surface area contributed by atoms with Crippen LogP contribution in [0.15, 0.2) is 28.8 Å². The average Bonchev–Trinajstić information content (AvgIpc) is 3.01. The second-order valence-corrected chi connectivity index (χ2v) is 6.09. The minimum absolute atomic E-state index is 0.127. The van der Waals surface area contributed by atoms with Gasteiger partial charge in [0.05, 0.1) is 0 Å². The first-order valence-electron chi connectivity index (χ1n) is 8.18. The van der Waals surface area contributed by atoms with Crippen LogP contribution in [0.5, 0.6) is 0 Å². The number of halogens is 1. The van der Waals surface area contributed by atoms with E-state index in [0.717, 1.165) is 25.9 Å². The van der Waals surface area contributed by atoms with E-state index in [1.54, 1.807) is 25.1 Å². The van der Waals surface area contributed by atoms with Crippen molar-refractivity contribution in [1.29, 1.82) is 0 Å². The lowest BCUT2D eigenvalue weighted by Gasteiger charge is -2.23. The van der Waals surface area contributed by atoms with Crippen molar-refractivity contribution in [2.24, 2.45) is 5.92 Å². The van der Waals surface area contributed by atoms with E-state index in [1.807, 2.05) is 0 Å². The average molecular weight is 332 g/mol. The smallest absolute Gasteiger partial charge is 0.223 e. The van der Waals surface area contributed by atoms with Crippen LogP contribution in [0, 0.1) is 18.7 Å². The molecule has 1 aromatic carbocycles. The molecule has 1 atom stereocenters. The van der Waals surface area contributed by atoms with Gasteiger partial charge in [0, 0.05) is 18.9 Å². The van der Waals surface area contributed by atoms with Crippen LogP contribution in [0.1, 0.15) is 42.6 Å². The summed E-state index contributed by atoms with van der Waals surface area (Å²) in [7, 11) is 0. The number of carbonyl (C=O) groups excluding carboxylic acids is 1. The quantitative estimate of drug-likeness (QED) is 0.876. The fourth-order valence-electron chi connectivity index (χ4n) is 2.99. The van der Waals surface area contributed by atoms with Crippen LogP contribution in [-0.4, -0.2) is 29.1 Å². The number of benzene rings is 1. The summed E-state index contributed by atoms with van der Waals surface area (Å²) in [4.78, 5) is 16.6. The first-order chi connectivity index (χ1) is 11.6. The molecule has 128 valence electrons. The lowest BCUT2D eigenvalue weighted by Crippen LogP contribution is -2.35. The molecule has 1 aliphatic rings. The Bertz CT molecular complexity index is 697. The molecule has 1 amide bonds. The van der Waals surface area contributed by atoms with E-state index in [1.165, 1.54) is 6.07 Å². The summed E-state index contributed by atoms with van der Waals surface area (Å²) >= 11 is 0. The Kier molecular flexibility index (Phi) is 5.20. The Morgan fingerprint density at radius 1 is 1.42 bits per heavy atom. The minimum atomic E-state index is -0.752. The zero-order chi connectivity index (χ0) is 16.9. The maximum atomic E-state index is 14.2. The van der Waals surface area contributed by atoms with Gasteiger partial charge in [-0.25, -0.2) is 4.39 Å². The number of hydrogen-bond donors (Lipinski definition) is 2. The van der Waals surface area contributed by atoms with Crippen LogP contribution in [0.25, 0.3) is 0 Å². The topological polar surface area (TPSA) is 80.0 Å². The first kappa shape index (κ1) is 16.6. The van der Waals surface area contributed by atoms with Crippen molar-refractivity contribution in [3.05, 3.63) is 47.4 Å². The third-order valence-electron chi connectivity index (χ3n) is 4.26. The minimum Gasteiger partial charge on any atom is -0.342 e. The fraction of sp³-hybridized carbons (Fsp3) is 0.471. The van der Waals surface area contributed by atoms with Crippen molar-refractivity contribution in [2.75, 3.05) is 13.1 Å². The maximum absolute atomic E-state index is 14.2. The van der Waals surface area contributed by atoms with Gasteiger partial charge in [0.1, 0.15) is 11.9 Å². The standard InChI is InChI=1S/C17H21FN4O2/c1-11-20-17(22-24-11)16(13-4-2-3-5-14(13)18)21-15(23)10-12-6-8-19-9-7-12/h2-5,12,16,19H,6-10H2,1H3,(H,21,23). The summed E-state index contributed by atoms with van der Waals surface area (Å²) in [5.74, 6) is 0.444. The Morgan fingerprint density at radius 2 is 2.17 bits per heavy atom. The zero-order valence-electron chi connectivity index (χ0n) is 13.6. The normalized spacial score (nSPS) is 16.8. The van der Waals surface area contributed by atoms with Crippen molar-refractivity contribution in [1.82, 2.24) is 20.8 Å². The van der Waals surface area contributed by atoms with Gasteiger partial charge in [0.15, 0.2) is 5.82 Å². The molecule has 2 heterocycles. The number of nitrogens with zero attached hydrogens (tertiary/aromatic N) is 2. The van der Waals surface area contributed by atoms with E-state index < -0.39 is 11.9 Å². The molecule has 3 rings (SSSR count). The van der Waals surface area contributed by atoms with Crippen molar-refractivity contribution >= 4 is 5.91 Å². The van der Waals surface area contributed by atoms with Crippen LogP contribution in [0.3, 0.4) is 0 Å². The van der Waals surface area contributed by atoms with E-state index >= 15 is 0 Å². The molecule has 0 aliphatic carbocycles. The molecule has 1 saturated heterocycles. The molecule has 24 heavy (non-hydrogen) atoms. The summed E-state index contributed by atoms with van der Waals surface area (Å²) in [6.45, 7) is 3.52. The fourth-order valence-corrected chi connectivity index (χ4v) is 2.99. The number of amides is 1. The highest BCUT2D eigenvalue weighted by atomic mass is 19.1. The van der Waals surface area contributed by atoms with Gasteiger partial charge in [-0.2, -0.15) is 4.98 Å². The lowest BCUT2D eigenvalue weighted by molar-refractivity contribution is -0.122. The van der Waals surface area contributed by atoms with Crippen LogP contribution in [0.2, 0.25) is 0 Å². The molecular formula is C17H21FN4O2. The Morgan fingerprint density at radius 3 is 2.83 bits per heavy atom. The molecule has 2 N–H and O–H groups in total. The molecule has 7 heteroatoms. The van der Waals surface area contributed by atoms with Gasteiger partial charge in [-0.3, -0.25) is 4.79 Å². The van der Waals surface area contributed by atoms with Gasteiger partial charge >= 0.3 is 0 Å². The predicted molar refractivity (Wildman–Crippen MR) is 85.6 cm³/mol. The number of rotatable bonds is 5. The molecule has 1 fully saturated rings. The number of nitrogens with one attached hydrogen (secondary N) is 2. The number of carbonyl (C=O) groups is 1. The van der Waals surface area contributed by atoms with Crippen LogP contribution in [-0.2, 0) is 4.79 Å². The molecule has 1 aliphatic heterocycles. The monoisotopic (exact) mass is 332 g/mol. The molecule has 1 aromatic heterocycles. The number of aromatic nitrogens is 2. The van der Waals surface area contributed by atoms with Crippen LogP contribution >= 0.6 is 0 Å². The third kappa shape index (κ3) is 3.97. The highest BCUT2D eigenvalue weighted by Gasteiger charge is 2.26. The summed E-state index contributed by atoms with van der Waals surface area (Å²) in [5.41, 5.74) is 0.331. The second kappa shape index (κ2) is 7.53. The van der Waals surface area contributed by atoms with Crippen molar-refractivity contribution in [2.45, 2.75) is 32.2 Å². The van der Waals surface area contributed by atoms with E-state index in [9.17, 15) is 9.18 Å². The summed E-state index contributed by atoms with van der Waals surface area (Å²) < 4.78 is 19.2. The highest BCUT2D eigenvalue weighted by Crippen LogP contribution is 2.23. The van der Waals surface area contributed by atoms with Gasteiger partial charge in [-0.05, 0) is 37.9 Å². The van der Waals surface area contributed by atoms with E-state index in [0.29, 0.717) is 23.8 Å². The largest absolute Gasteiger partial charge is 0.342 e. The zero-order valence-corrected chi connectivity index (χ0v) is 13.6. The molecule has 1 unspecified atom stereocenters. The summed E-state index contributed by atoms with van der Waals surface area (Å²) in [6.07, 6.45) is 2.36. The van der Waals surface area contributed by atoms with E-state index in [4.69, 9.17) is 4.52 Å². The SMILES string of the molecule is Cc1nc(C(NC(=O)CC2CCNCC2)c2ccccc2F)no1. The van der Waals surface area contributed by atoms with Crippen molar-refractivity contribution in [3.8, 4) is 0 Å². The van der Waals surface area contributed by atoms with Crippen molar-refractivity contribution < 1.29 is 13.7 Å². The summed E-state index contributed by atoms with van der Waals surface area (Å²) in [6, 6.07) is 5.55. The van der Waals surface area contributed by atoms with Gasteiger partial charge in [0.2, 0.25) is 11.8 Å². The Balaban J connectivity index is 1.77. The molecule has 0 bridgehead atoms. The third-order valence-corrected chi connectivity index (χ3v) is 4.26. The van der Waals surface area contributed by atoms with E-state index in [-0.39, 0.29) is 11.7 Å². The Hall–Kier alpha value is -2.28. The number of piperidine rings is 1. The lowest BCUT2D eigenvalue weighted by atomic mass is 9.94. The van der Waals surface area contributed by atoms with Gasteiger partial charge < -0.3 is 15.2 Å². The van der Waals surface area contributed by atoms with Gasteiger partial charge in [-0.15, -0.1) is 0 Å². The molecule has 6 nitrogen and oxygen atoms in total. The van der Waals surface area contributed by atoms with Crippen LogP contribution in [0.4, 0.5) is 4.39 Å². The highest BCUT2D eigenvalue weighted by molar-refractivity contribution is 5.77. The van der Waals surface area contributed by atoms with Gasteiger partial charge in [-0.1, -0.05) is 23.4 Å². The number of hydrogen-bond acceptors (Lipinski definition) is 5. The number of aryl methyl sites for hydroxylation is 1. The van der Waals surface area contributed by atoms with E-state index in [2.05, 4.69) is 20.8 Å². The van der Waals surface area contributed by atoms with Crippen LogP contribution < -0.4 is 10.6 Å². The molecule has 2 aromatic rings.